The standard InChI is InChI=1S/C24H15N/c1-3-8-18-16(6-1)14-22-20(18)10-5-12-24(22)23-15-17-7-2-4-9-19(17)21(23)11-13-25-24/h1-15H. The van der Waals surface area contributed by atoms with Crippen LogP contribution in [0, 0.1) is 0 Å². The molecular formula is C24H15N. The van der Waals surface area contributed by atoms with Crippen LogP contribution in [0.3, 0.4) is 0 Å². The zero-order valence-electron chi connectivity index (χ0n) is 13.6. The summed E-state index contributed by atoms with van der Waals surface area (Å²) in [6.07, 6.45) is 15.4. The Bertz CT molecular complexity index is 1040. The van der Waals surface area contributed by atoms with Crippen molar-refractivity contribution in [2.45, 2.75) is 5.54 Å². The molecule has 1 heteroatoms. The Balaban J connectivity index is 1.60. The molecule has 2 aromatic rings. The summed E-state index contributed by atoms with van der Waals surface area (Å²) < 4.78 is 0. The molecule has 6 rings (SSSR count). The van der Waals surface area contributed by atoms with Gasteiger partial charge in [-0.15, -0.1) is 0 Å². The molecule has 116 valence electrons. The van der Waals surface area contributed by atoms with Crippen LogP contribution in [0.15, 0.2) is 89.0 Å². The van der Waals surface area contributed by atoms with Crippen molar-refractivity contribution in [3.05, 3.63) is 106 Å². The van der Waals surface area contributed by atoms with Gasteiger partial charge >= 0.3 is 0 Å². The smallest absolute Gasteiger partial charge is 0.130 e. The monoisotopic (exact) mass is 317 g/mol. The topological polar surface area (TPSA) is 12.4 Å². The van der Waals surface area contributed by atoms with Crippen molar-refractivity contribution in [2.24, 2.45) is 4.99 Å². The van der Waals surface area contributed by atoms with E-state index in [1.807, 2.05) is 6.21 Å². The predicted octanol–water partition coefficient (Wildman–Crippen LogP) is 5.34. The molecule has 0 aromatic heterocycles. The average Bonchev–Trinajstić information content (AvgIpc) is 3.23. The molecule has 1 atom stereocenters. The zero-order chi connectivity index (χ0) is 16.4. The van der Waals surface area contributed by atoms with Gasteiger partial charge in [-0.2, -0.15) is 0 Å². The number of dihydropyridines is 1. The highest BCUT2D eigenvalue weighted by atomic mass is 14.9. The minimum absolute atomic E-state index is 0.411. The molecule has 0 saturated carbocycles. The van der Waals surface area contributed by atoms with E-state index in [-0.39, 0.29) is 0 Å². The molecule has 0 radical (unpaired) electrons. The molecule has 0 fully saturated rings. The Kier molecular flexibility index (Phi) is 2.34. The summed E-state index contributed by atoms with van der Waals surface area (Å²) in [5, 5.41) is 0. The Morgan fingerprint density at radius 2 is 1.28 bits per heavy atom. The predicted molar refractivity (Wildman–Crippen MR) is 105 cm³/mol. The molecule has 1 heterocycles. The van der Waals surface area contributed by atoms with E-state index in [4.69, 9.17) is 4.99 Å². The number of nitrogens with zero attached hydrogens (tertiary/aromatic N) is 1. The molecule has 25 heavy (non-hydrogen) atoms. The van der Waals surface area contributed by atoms with E-state index in [1.165, 1.54) is 44.5 Å². The van der Waals surface area contributed by atoms with Crippen molar-refractivity contribution in [1.82, 2.24) is 0 Å². The van der Waals surface area contributed by atoms with Gasteiger partial charge in [0.25, 0.3) is 0 Å². The Labute approximate surface area is 146 Å². The van der Waals surface area contributed by atoms with Crippen molar-refractivity contribution >= 4 is 29.5 Å². The summed E-state index contributed by atoms with van der Waals surface area (Å²) >= 11 is 0. The Morgan fingerprint density at radius 1 is 0.680 bits per heavy atom. The fourth-order valence-corrected chi connectivity index (χ4v) is 4.50. The fourth-order valence-electron chi connectivity index (χ4n) is 4.50. The molecule has 1 spiro atoms. The molecule has 0 amide bonds. The van der Waals surface area contributed by atoms with Crippen LogP contribution in [0.2, 0.25) is 0 Å². The van der Waals surface area contributed by atoms with Gasteiger partial charge in [-0.05, 0) is 68.9 Å². The van der Waals surface area contributed by atoms with Crippen LogP contribution < -0.4 is 0 Å². The summed E-state index contributed by atoms with van der Waals surface area (Å²) in [6, 6.07) is 17.2. The van der Waals surface area contributed by atoms with E-state index in [9.17, 15) is 0 Å². The molecule has 0 saturated heterocycles. The largest absolute Gasteiger partial charge is 0.273 e. The third kappa shape index (κ3) is 1.56. The second-order valence-electron chi connectivity index (χ2n) is 6.85. The van der Waals surface area contributed by atoms with Crippen molar-refractivity contribution in [2.75, 3.05) is 0 Å². The summed E-state index contributed by atoms with van der Waals surface area (Å²) in [4.78, 5) is 5.01. The lowest BCUT2D eigenvalue weighted by molar-refractivity contribution is 0.774. The lowest BCUT2D eigenvalue weighted by Crippen LogP contribution is -2.32. The quantitative estimate of drug-likeness (QED) is 0.622. The van der Waals surface area contributed by atoms with E-state index in [1.54, 1.807) is 0 Å². The maximum atomic E-state index is 5.01. The van der Waals surface area contributed by atoms with E-state index in [0.29, 0.717) is 0 Å². The SMILES string of the molecule is C1=CC2(N=CC=C3C2=Cc2ccccc23)C2=Cc3ccccc3C2=C1. The van der Waals surface area contributed by atoms with Gasteiger partial charge in [0.15, 0.2) is 0 Å². The summed E-state index contributed by atoms with van der Waals surface area (Å²) in [6.45, 7) is 0. The number of allylic oxidation sites excluding steroid dienone is 3. The molecule has 1 aliphatic heterocycles. The van der Waals surface area contributed by atoms with Gasteiger partial charge in [-0.3, -0.25) is 4.99 Å². The molecule has 2 aromatic carbocycles. The maximum absolute atomic E-state index is 5.01. The van der Waals surface area contributed by atoms with Gasteiger partial charge in [-0.25, -0.2) is 0 Å². The number of aliphatic imine (C=N–C) groups is 1. The summed E-state index contributed by atoms with van der Waals surface area (Å²) in [5.74, 6) is 0. The van der Waals surface area contributed by atoms with Gasteiger partial charge in [0.05, 0.1) is 0 Å². The first-order chi connectivity index (χ1) is 12.4. The van der Waals surface area contributed by atoms with Crippen LogP contribution in [0.4, 0.5) is 0 Å². The zero-order valence-corrected chi connectivity index (χ0v) is 13.6. The van der Waals surface area contributed by atoms with Gasteiger partial charge in [0.2, 0.25) is 0 Å². The minimum Gasteiger partial charge on any atom is -0.273 e. The highest BCUT2D eigenvalue weighted by Gasteiger charge is 2.45. The summed E-state index contributed by atoms with van der Waals surface area (Å²) in [5.41, 5.74) is 9.96. The fraction of sp³-hybridized carbons (Fsp3) is 0.0417. The van der Waals surface area contributed by atoms with Gasteiger partial charge in [-0.1, -0.05) is 60.7 Å². The number of fused-ring (bicyclic) bond motifs is 8. The highest BCUT2D eigenvalue weighted by Crippen LogP contribution is 2.54. The molecule has 0 bridgehead atoms. The molecule has 1 nitrogen and oxygen atoms in total. The van der Waals surface area contributed by atoms with Gasteiger partial charge in [0, 0.05) is 6.21 Å². The van der Waals surface area contributed by atoms with Crippen molar-refractivity contribution in [3.63, 3.8) is 0 Å². The Morgan fingerprint density at radius 3 is 1.96 bits per heavy atom. The second kappa shape index (κ2) is 4.46. The van der Waals surface area contributed by atoms with Gasteiger partial charge in [0.1, 0.15) is 5.54 Å². The number of benzene rings is 2. The van der Waals surface area contributed by atoms with Crippen LogP contribution in [-0.2, 0) is 0 Å². The third-order valence-electron chi connectivity index (χ3n) is 5.62. The highest BCUT2D eigenvalue weighted by molar-refractivity contribution is 6.09. The second-order valence-corrected chi connectivity index (χ2v) is 6.85. The lowest BCUT2D eigenvalue weighted by atomic mass is 9.73. The number of hydrogen-bond acceptors (Lipinski definition) is 1. The average molecular weight is 317 g/mol. The van der Waals surface area contributed by atoms with Crippen LogP contribution in [0.5, 0.6) is 0 Å². The van der Waals surface area contributed by atoms with Gasteiger partial charge < -0.3 is 0 Å². The first-order valence-electron chi connectivity index (χ1n) is 8.66. The van der Waals surface area contributed by atoms with Crippen LogP contribution >= 0.6 is 0 Å². The normalized spacial score (nSPS) is 24.0. The molecule has 3 aliphatic carbocycles. The number of hydrogen-bond donors (Lipinski definition) is 0. The molecule has 1 unspecified atom stereocenters. The Hall–Kier alpha value is -3.19. The molecular weight excluding hydrogens is 302 g/mol. The van der Waals surface area contributed by atoms with Crippen molar-refractivity contribution in [1.29, 1.82) is 0 Å². The molecule has 0 N–H and O–H groups in total. The minimum atomic E-state index is -0.411. The first-order valence-corrected chi connectivity index (χ1v) is 8.66. The lowest BCUT2D eigenvalue weighted by Gasteiger charge is -2.35. The molecule has 4 aliphatic rings. The number of rotatable bonds is 0. The van der Waals surface area contributed by atoms with E-state index >= 15 is 0 Å². The maximum Gasteiger partial charge on any atom is 0.130 e. The first kappa shape index (κ1) is 13.1. The van der Waals surface area contributed by atoms with Crippen LogP contribution in [0.1, 0.15) is 22.3 Å². The third-order valence-corrected chi connectivity index (χ3v) is 5.62. The van der Waals surface area contributed by atoms with Crippen molar-refractivity contribution < 1.29 is 0 Å². The summed E-state index contributed by atoms with van der Waals surface area (Å²) in [7, 11) is 0. The van der Waals surface area contributed by atoms with Crippen LogP contribution in [-0.4, -0.2) is 11.8 Å². The van der Waals surface area contributed by atoms with E-state index < -0.39 is 5.54 Å². The van der Waals surface area contributed by atoms with E-state index in [2.05, 4.69) is 85.0 Å². The van der Waals surface area contributed by atoms with Crippen LogP contribution in [0.25, 0.3) is 23.3 Å². The van der Waals surface area contributed by atoms with Crippen molar-refractivity contribution in [3.8, 4) is 0 Å². The van der Waals surface area contributed by atoms with E-state index in [0.717, 1.165) is 0 Å².